The predicted molar refractivity (Wildman–Crippen MR) is 80.9 cm³/mol. The minimum atomic E-state index is -0.533. The van der Waals surface area contributed by atoms with Crippen LogP contribution in [-0.2, 0) is 0 Å². The maximum absolute atomic E-state index is 14.3. The second-order valence-corrected chi connectivity index (χ2v) is 5.73. The quantitative estimate of drug-likeness (QED) is 0.857. The van der Waals surface area contributed by atoms with E-state index in [4.69, 9.17) is 0 Å². The summed E-state index contributed by atoms with van der Waals surface area (Å²) in [5.74, 6) is -1.03. The van der Waals surface area contributed by atoms with Crippen LogP contribution in [0.15, 0.2) is 34.8 Å². The van der Waals surface area contributed by atoms with Crippen molar-refractivity contribution in [2.24, 2.45) is 0 Å². The average molecular weight is 340 g/mol. The van der Waals surface area contributed by atoms with Crippen molar-refractivity contribution in [1.82, 2.24) is 5.32 Å². The van der Waals surface area contributed by atoms with Crippen LogP contribution in [0.25, 0.3) is 0 Å². The molecule has 0 spiro atoms. The molecule has 20 heavy (non-hydrogen) atoms. The van der Waals surface area contributed by atoms with E-state index in [1.165, 1.54) is 12.1 Å². The molecule has 0 aliphatic rings. The Labute approximate surface area is 126 Å². The van der Waals surface area contributed by atoms with E-state index in [0.717, 1.165) is 15.6 Å². The Hall–Kier alpha value is -1.26. The summed E-state index contributed by atoms with van der Waals surface area (Å²) in [7, 11) is 1.70. The molecular formula is C16H16BrF2N. The SMILES string of the molecule is CNC(c1ccc(Br)cc1C)c1c(F)ccc(C)c1F. The molecule has 0 aliphatic carbocycles. The Morgan fingerprint density at radius 1 is 1.05 bits per heavy atom. The van der Waals surface area contributed by atoms with Gasteiger partial charge in [-0.15, -0.1) is 0 Å². The fourth-order valence-electron chi connectivity index (χ4n) is 2.36. The van der Waals surface area contributed by atoms with Gasteiger partial charge in [-0.3, -0.25) is 0 Å². The highest BCUT2D eigenvalue weighted by atomic mass is 79.9. The summed E-state index contributed by atoms with van der Waals surface area (Å²) < 4.78 is 29.3. The third kappa shape index (κ3) is 2.76. The molecule has 2 aromatic rings. The highest BCUT2D eigenvalue weighted by Crippen LogP contribution is 2.31. The molecule has 4 heteroatoms. The molecule has 1 atom stereocenters. The molecule has 0 heterocycles. The van der Waals surface area contributed by atoms with E-state index in [1.54, 1.807) is 14.0 Å². The summed E-state index contributed by atoms with van der Waals surface area (Å²) in [6.45, 7) is 3.56. The zero-order valence-corrected chi connectivity index (χ0v) is 13.2. The summed E-state index contributed by atoms with van der Waals surface area (Å²) in [5, 5.41) is 3.01. The topological polar surface area (TPSA) is 12.0 Å². The van der Waals surface area contributed by atoms with Gasteiger partial charge in [0.1, 0.15) is 11.6 Å². The molecule has 2 aromatic carbocycles. The molecule has 106 valence electrons. The lowest BCUT2D eigenvalue weighted by atomic mass is 9.93. The number of aryl methyl sites for hydroxylation is 2. The summed E-state index contributed by atoms with van der Waals surface area (Å²) in [5.41, 5.74) is 2.34. The van der Waals surface area contributed by atoms with Crippen LogP contribution < -0.4 is 5.32 Å². The van der Waals surface area contributed by atoms with Crippen LogP contribution in [0.1, 0.15) is 28.3 Å². The third-order valence-corrected chi connectivity index (χ3v) is 3.93. The van der Waals surface area contributed by atoms with Gasteiger partial charge in [0.2, 0.25) is 0 Å². The smallest absolute Gasteiger partial charge is 0.134 e. The molecule has 0 amide bonds. The highest BCUT2D eigenvalue weighted by Gasteiger charge is 2.23. The third-order valence-electron chi connectivity index (χ3n) is 3.44. The Kier molecular flexibility index (Phi) is 4.55. The van der Waals surface area contributed by atoms with Gasteiger partial charge in [0.15, 0.2) is 0 Å². The minimum absolute atomic E-state index is 0.0675. The van der Waals surface area contributed by atoms with Crippen molar-refractivity contribution in [1.29, 1.82) is 0 Å². The number of hydrogen-bond donors (Lipinski definition) is 1. The Bertz CT molecular complexity index is 641. The minimum Gasteiger partial charge on any atom is -0.309 e. The first-order valence-corrected chi connectivity index (χ1v) is 7.12. The van der Waals surface area contributed by atoms with Crippen molar-refractivity contribution in [3.8, 4) is 0 Å². The number of rotatable bonds is 3. The number of halogens is 3. The molecule has 2 rings (SSSR count). The van der Waals surface area contributed by atoms with Crippen LogP contribution in [-0.4, -0.2) is 7.05 Å². The predicted octanol–water partition coefficient (Wildman–Crippen LogP) is 4.65. The van der Waals surface area contributed by atoms with E-state index in [9.17, 15) is 8.78 Å². The molecule has 1 N–H and O–H groups in total. The Morgan fingerprint density at radius 3 is 2.35 bits per heavy atom. The van der Waals surface area contributed by atoms with Crippen molar-refractivity contribution in [3.05, 3.63) is 68.7 Å². The van der Waals surface area contributed by atoms with E-state index in [2.05, 4.69) is 21.2 Å². The lowest BCUT2D eigenvalue weighted by Gasteiger charge is -2.21. The normalized spacial score (nSPS) is 12.5. The van der Waals surface area contributed by atoms with Crippen molar-refractivity contribution in [2.75, 3.05) is 7.05 Å². The molecule has 0 saturated carbocycles. The molecule has 1 nitrogen and oxygen atoms in total. The van der Waals surface area contributed by atoms with E-state index >= 15 is 0 Å². The van der Waals surface area contributed by atoms with Crippen LogP contribution in [0.4, 0.5) is 8.78 Å². The maximum Gasteiger partial charge on any atom is 0.134 e. The fourth-order valence-corrected chi connectivity index (χ4v) is 2.84. The van der Waals surface area contributed by atoms with Gasteiger partial charge in [-0.1, -0.05) is 28.1 Å². The standard InChI is InChI=1S/C16H16BrF2N/c1-9-4-7-13(18)14(15(9)19)16(20-3)12-6-5-11(17)8-10(12)2/h4-8,16,20H,1-3H3. The van der Waals surface area contributed by atoms with Gasteiger partial charge < -0.3 is 5.32 Å². The van der Waals surface area contributed by atoms with Crippen molar-refractivity contribution in [3.63, 3.8) is 0 Å². The van der Waals surface area contributed by atoms with E-state index in [-0.39, 0.29) is 5.56 Å². The number of hydrogen-bond acceptors (Lipinski definition) is 1. The van der Waals surface area contributed by atoms with Crippen molar-refractivity contribution in [2.45, 2.75) is 19.9 Å². The summed E-state index contributed by atoms with van der Waals surface area (Å²) >= 11 is 3.40. The average Bonchev–Trinajstić information content (AvgIpc) is 2.40. The van der Waals surface area contributed by atoms with Gasteiger partial charge in [-0.05, 0) is 55.8 Å². The Balaban J connectivity index is 2.61. The summed E-state index contributed by atoms with van der Waals surface area (Å²) in [6, 6.07) is 7.94. The molecule has 1 unspecified atom stereocenters. The molecule has 0 aromatic heterocycles. The molecule has 0 radical (unpaired) electrons. The van der Waals surface area contributed by atoms with E-state index in [1.807, 2.05) is 25.1 Å². The highest BCUT2D eigenvalue weighted by molar-refractivity contribution is 9.10. The van der Waals surface area contributed by atoms with Crippen LogP contribution in [0.3, 0.4) is 0 Å². The second-order valence-electron chi connectivity index (χ2n) is 4.81. The molecule has 0 saturated heterocycles. The largest absolute Gasteiger partial charge is 0.309 e. The summed E-state index contributed by atoms with van der Waals surface area (Å²) in [6.07, 6.45) is 0. The van der Waals surface area contributed by atoms with Crippen LogP contribution in [0.2, 0.25) is 0 Å². The van der Waals surface area contributed by atoms with E-state index in [0.29, 0.717) is 5.56 Å². The van der Waals surface area contributed by atoms with Gasteiger partial charge in [0, 0.05) is 10.0 Å². The summed E-state index contributed by atoms with van der Waals surface area (Å²) in [4.78, 5) is 0. The van der Waals surface area contributed by atoms with Crippen molar-refractivity contribution >= 4 is 15.9 Å². The number of benzene rings is 2. The zero-order valence-electron chi connectivity index (χ0n) is 11.6. The molecular weight excluding hydrogens is 324 g/mol. The first kappa shape index (κ1) is 15.1. The van der Waals surface area contributed by atoms with Crippen molar-refractivity contribution < 1.29 is 8.78 Å². The first-order chi connectivity index (χ1) is 9.45. The number of nitrogens with one attached hydrogen (secondary N) is 1. The molecule has 0 bridgehead atoms. The van der Waals surface area contributed by atoms with Crippen LogP contribution in [0, 0.1) is 25.5 Å². The van der Waals surface area contributed by atoms with Gasteiger partial charge >= 0.3 is 0 Å². The van der Waals surface area contributed by atoms with Crippen LogP contribution in [0.5, 0.6) is 0 Å². The van der Waals surface area contributed by atoms with Crippen LogP contribution >= 0.6 is 15.9 Å². The van der Waals surface area contributed by atoms with Gasteiger partial charge in [-0.2, -0.15) is 0 Å². The second kappa shape index (κ2) is 6.02. The van der Waals surface area contributed by atoms with Gasteiger partial charge in [0.25, 0.3) is 0 Å². The molecule has 0 aliphatic heterocycles. The van der Waals surface area contributed by atoms with Gasteiger partial charge in [-0.25, -0.2) is 8.78 Å². The Morgan fingerprint density at radius 2 is 1.75 bits per heavy atom. The lowest BCUT2D eigenvalue weighted by molar-refractivity contribution is 0.517. The van der Waals surface area contributed by atoms with Gasteiger partial charge in [0.05, 0.1) is 6.04 Å². The fraction of sp³-hybridized carbons (Fsp3) is 0.250. The first-order valence-electron chi connectivity index (χ1n) is 6.33. The zero-order chi connectivity index (χ0) is 14.9. The monoisotopic (exact) mass is 339 g/mol. The lowest BCUT2D eigenvalue weighted by Crippen LogP contribution is -2.21. The molecule has 0 fully saturated rings. The maximum atomic E-state index is 14.3. The van der Waals surface area contributed by atoms with E-state index < -0.39 is 17.7 Å².